The molecule has 268 valence electrons. The van der Waals surface area contributed by atoms with E-state index in [-0.39, 0.29) is 19.4 Å². The van der Waals surface area contributed by atoms with Crippen molar-refractivity contribution in [3.05, 3.63) is 24.3 Å². The van der Waals surface area contributed by atoms with Gasteiger partial charge in [-0.25, -0.2) is 4.57 Å². The first-order valence-corrected chi connectivity index (χ1v) is 18.9. The summed E-state index contributed by atoms with van der Waals surface area (Å²) < 4.78 is 32.4. The molecule has 46 heavy (non-hydrogen) atoms. The lowest BCUT2D eigenvalue weighted by atomic mass is 10.1. The second kappa shape index (κ2) is 30.3. The number of rotatable bonds is 32. The Morgan fingerprint density at radius 1 is 0.674 bits per heavy atom. The molecule has 0 heterocycles. The van der Waals surface area contributed by atoms with E-state index in [1.807, 2.05) is 0 Å². The molecule has 0 aliphatic rings. The third-order valence-corrected chi connectivity index (χ3v) is 8.15. The number of carboxylic acids is 1. The van der Waals surface area contributed by atoms with Crippen molar-refractivity contribution < 1.29 is 47.5 Å². The molecule has 0 rings (SSSR count). The molecule has 1 unspecified atom stereocenters. The molecule has 0 saturated heterocycles. The summed E-state index contributed by atoms with van der Waals surface area (Å²) in [5, 5.41) is 8.82. The fourth-order valence-corrected chi connectivity index (χ4v) is 5.15. The number of aliphatic carboxylic acids is 1. The summed E-state index contributed by atoms with van der Waals surface area (Å²) in [5.41, 5.74) is 5.29. The maximum absolute atomic E-state index is 12.5. The number of carboxylic acid groups (broad SMARTS) is 1. The molecular weight excluding hydrogens is 613 g/mol. The largest absolute Gasteiger partial charge is 0.480 e. The first kappa shape index (κ1) is 44.0. The highest BCUT2D eigenvalue weighted by Gasteiger charge is 2.28. The van der Waals surface area contributed by atoms with Gasteiger partial charge < -0.3 is 25.2 Å². The molecular formula is C34H62NO10P. The highest BCUT2D eigenvalue weighted by Crippen LogP contribution is 2.43. The summed E-state index contributed by atoms with van der Waals surface area (Å²) in [6, 6.07) is -1.52. The smallest absolute Gasteiger partial charge is 0.472 e. The van der Waals surface area contributed by atoms with Gasteiger partial charge in [0.1, 0.15) is 12.6 Å². The summed E-state index contributed by atoms with van der Waals surface area (Å²) in [4.78, 5) is 45.5. The molecule has 0 aromatic heterocycles. The van der Waals surface area contributed by atoms with E-state index in [9.17, 15) is 23.8 Å². The first-order valence-electron chi connectivity index (χ1n) is 17.4. The molecule has 11 nitrogen and oxygen atoms in total. The number of hydrogen-bond acceptors (Lipinski definition) is 9. The lowest BCUT2D eigenvalue weighted by Gasteiger charge is -2.20. The van der Waals surface area contributed by atoms with Crippen molar-refractivity contribution in [2.75, 3.05) is 19.8 Å². The second-order valence-electron chi connectivity index (χ2n) is 11.7. The molecule has 0 spiro atoms. The van der Waals surface area contributed by atoms with Crippen LogP contribution in [0.1, 0.15) is 142 Å². The van der Waals surface area contributed by atoms with Crippen molar-refractivity contribution in [3.8, 4) is 0 Å². The Kier molecular flexibility index (Phi) is 29.0. The Morgan fingerprint density at radius 2 is 1.17 bits per heavy atom. The molecule has 0 fully saturated rings. The fraction of sp³-hybridized carbons (Fsp3) is 0.794. The Morgan fingerprint density at radius 3 is 1.76 bits per heavy atom. The number of esters is 2. The number of nitrogens with two attached hydrogens (primary N) is 1. The lowest BCUT2D eigenvalue weighted by molar-refractivity contribution is -0.161. The zero-order valence-electron chi connectivity index (χ0n) is 28.4. The van der Waals surface area contributed by atoms with Gasteiger partial charge in [0, 0.05) is 12.8 Å². The Balaban J connectivity index is 4.50. The Hall–Kier alpha value is -2.04. The van der Waals surface area contributed by atoms with Gasteiger partial charge in [-0.2, -0.15) is 0 Å². The highest BCUT2D eigenvalue weighted by atomic mass is 31.2. The van der Waals surface area contributed by atoms with E-state index >= 15 is 0 Å². The Labute approximate surface area is 277 Å². The highest BCUT2D eigenvalue weighted by molar-refractivity contribution is 7.47. The topological polar surface area (TPSA) is 172 Å². The van der Waals surface area contributed by atoms with Crippen LogP contribution in [0, 0.1) is 0 Å². The van der Waals surface area contributed by atoms with E-state index < -0.39 is 51.1 Å². The van der Waals surface area contributed by atoms with E-state index in [1.165, 1.54) is 38.5 Å². The van der Waals surface area contributed by atoms with E-state index in [0.717, 1.165) is 64.2 Å². The zero-order valence-corrected chi connectivity index (χ0v) is 29.3. The Bertz CT molecular complexity index is 895. The van der Waals surface area contributed by atoms with Gasteiger partial charge in [0.05, 0.1) is 13.2 Å². The standard InChI is InChI=1S/C34H62NO10P/c1-3-5-7-9-11-13-14-15-16-17-18-20-22-24-26-33(37)45-30(28-43-46(40,41)44-29-31(35)34(38)39)27-42-32(36)25-23-21-19-12-10-8-6-4-2/h9,11,14-15,30-31H,3-8,10,12-13,16-29,35H2,1-2H3,(H,38,39)(H,40,41)/b11-9+,15-14+/t30-,31+/m1/s1. The minimum Gasteiger partial charge on any atom is -0.480 e. The number of ether oxygens (including phenoxy) is 2. The predicted octanol–water partition coefficient (Wildman–Crippen LogP) is 7.94. The number of phosphoric ester groups is 1. The molecule has 0 aliphatic heterocycles. The summed E-state index contributed by atoms with van der Waals surface area (Å²) in [6.45, 7) is 2.67. The number of carbonyl (C=O) groups excluding carboxylic acids is 2. The van der Waals surface area contributed by atoms with Gasteiger partial charge in [-0.3, -0.25) is 23.4 Å². The maximum atomic E-state index is 12.5. The predicted molar refractivity (Wildman–Crippen MR) is 180 cm³/mol. The van der Waals surface area contributed by atoms with Crippen molar-refractivity contribution >= 4 is 25.7 Å². The number of hydrogen-bond donors (Lipinski definition) is 3. The molecule has 0 radical (unpaired) electrons. The van der Waals surface area contributed by atoms with Crippen LogP contribution in [0.25, 0.3) is 0 Å². The number of carbonyl (C=O) groups is 3. The number of allylic oxidation sites excluding steroid dienone is 4. The van der Waals surface area contributed by atoms with Crippen LogP contribution in [-0.4, -0.2) is 59.9 Å². The van der Waals surface area contributed by atoms with Crippen LogP contribution in [0.2, 0.25) is 0 Å². The molecule has 0 aromatic carbocycles. The molecule has 0 saturated carbocycles. The van der Waals surface area contributed by atoms with Gasteiger partial charge in [0.2, 0.25) is 0 Å². The number of phosphoric acid groups is 1. The molecule has 0 aromatic rings. The second-order valence-corrected chi connectivity index (χ2v) is 13.1. The van der Waals surface area contributed by atoms with Crippen molar-refractivity contribution in [2.24, 2.45) is 5.73 Å². The van der Waals surface area contributed by atoms with E-state index in [1.54, 1.807) is 0 Å². The molecule has 0 amide bonds. The van der Waals surface area contributed by atoms with Crippen LogP contribution in [-0.2, 0) is 37.5 Å². The van der Waals surface area contributed by atoms with Crippen LogP contribution in [0.15, 0.2) is 24.3 Å². The van der Waals surface area contributed by atoms with Crippen molar-refractivity contribution in [3.63, 3.8) is 0 Å². The first-order chi connectivity index (χ1) is 22.1. The lowest BCUT2D eigenvalue weighted by Crippen LogP contribution is -2.34. The average molecular weight is 676 g/mol. The quantitative estimate of drug-likeness (QED) is 0.0273. The van der Waals surface area contributed by atoms with Gasteiger partial charge in [-0.15, -0.1) is 0 Å². The summed E-state index contributed by atoms with van der Waals surface area (Å²) >= 11 is 0. The SMILES string of the molecule is CCCC/C=C/C/C=C/CCCCCCCC(=O)O[C@H](COC(=O)CCCCCCCCCC)COP(=O)(O)OC[C@H](N)C(=O)O. The van der Waals surface area contributed by atoms with Crippen molar-refractivity contribution in [1.82, 2.24) is 0 Å². The van der Waals surface area contributed by atoms with Gasteiger partial charge >= 0.3 is 25.7 Å². The van der Waals surface area contributed by atoms with Gasteiger partial charge in [0.25, 0.3) is 0 Å². The number of unbranched alkanes of at least 4 members (excludes halogenated alkanes) is 14. The normalized spacial score (nSPS) is 14.3. The summed E-state index contributed by atoms with van der Waals surface area (Å²) in [7, 11) is -4.70. The van der Waals surface area contributed by atoms with Crippen LogP contribution >= 0.6 is 7.82 Å². The van der Waals surface area contributed by atoms with Crippen LogP contribution in [0.4, 0.5) is 0 Å². The minimum absolute atomic E-state index is 0.147. The molecule has 0 aliphatic carbocycles. The van der Waals surface area contributed by atoms with E-state index in [4.69, 9.17) is 24.8 Å². The molecule has 0 bridgehead atoms. The van der Waals surface area contributed by atoms with Gasteiger partial charge in [-0.1, -0.05) is 115 Å². The van der Waals surface area contributed by atoms with Crippen LogP contribution in [0.3, 0.4) is 0 Å². The van der Waals surface area contributed by atoms with Crippen LogP contribution < -0.4 is 5.73 Å². The monoisotopic (exact) mass is 675 g/mol. The fourth-order valence-electron chi connectivity index (χ4n) is 4.37. The maximum Gasteiger partial charge on any atom is 0.472 e. The van der Waals surface area contributed by atoms with E-state index in [0.29, 0.717) is 12.8 Å². The average Bonchev–Trinajstić information content (AvgIpc) is 3.02. The third-order valence-electron chi connectivity index (χ3n) is 7.20. The zero-order chi connectivity index (χ0) is 34.3. The van der Waals surface area contributed by atoms with Gasteiger partial charge in [-0.05, 0) is 38.5 Å². The third kappa shape index (κ3) is 29.4. The van der Waals surface area contributed by atoms with Crippen molar-refractivity contribution in [1.29, 1.82) is 0 Å². The summed E-state index contributed by atoms with van der Waals surface area (Å²) in [5.74, 6) is -2.40. The summed E-state index contributed by atoms with van der Waals surface area (Å²) in [6.07, 6.45) is 27.0. The van der Waals surface area contributed by atoms with Gasteiger partial charge in [0.15, 0.2) is 6.10 Å². The van der Waals surface area contributed by atoms with E-state index in [2.05, 4.69) is 42.7 Å². The van der Waals surface area contributed by atoms with Crippen molar-refractivity contribution in [2.45, 2.75) is 154 Å². The minimum atomic E-state index is -4.70. The molecule has 4 N–H and O–H groups in total. The van der Waals surface area contributed by atoms with Crippen LogP contribution in [0.5, 0.6) is 0 Å². The molecule has 3 atom stereocenters. The molecule has 12 heteroatoms.